The van der Waals surface area contributed by atoms with Crippen LogP contribution >= 0.6 is 15.9 Å². The molecule has 1 N–H and O–H groups in total. The van der Waals surface area contributed by atoms with E-state index in [1.165, 1.54) is 0 Å². The van der Waals surface area contributed by atoms with E-state index in [1.807, 2.05) is 47.3 Å². The van der Waals surface area contributed by atoms with Gasteiger partial charge in [0, 0.05) is 24.2 Å². The molecule has 31 heavy (non-hydrogen) atoms. The summed E-state index contributed by atoms with van der Waals surface area (Å²) in [5.41, 5.74) is 2.80. The lowest BCUT2D eigenvalue weighted by Gasteiger charge is -2.09. The van der Waals surface area contributed by atoms with Crippen molar-refractivity contribution in [2.75, 3.05) is 52.9 Å². The number of nitrogens with zero attached hydrogens (tertiary/aromatic N) is 3. The summed E-state index contributed by atoms with van der Waals surface area (Å²) in [5.74, 6) is 0.769. The molecule has 0 saturated heterocycles. The minimum Gasteiger partial charge on any atom is -0.491 e. The molecule has 0 bridgehead atoms. The Morgan fingerprint density at radius 1 is 0.806 bits per heavy atom. The smallest absolute Gasteiger partial charge is 0.119 e. The SMILES string of the molecule is OCCOCCOCCOCCOc1ccc(-n2cc(Br)c(-c3ccncc3)n2)cc1. The number of aliphatic hydroxyl groups excluding tert-OH is 1. The average molecular weight is 492 g/mol. The summed E-state index contributed by atoms with van der Waals surface area (Å²) in [4.78, 5) is 4.05. The molecule has 0 spiro atoms. The summed E-state index contributed by atoms with van der Waals surface area (Å²) in [6.45, 7) is 3.26. The second-order valence-electron chi connectivity index (χ2n) is 6.41. The van der Waals surface area contributed by atoms with E-state index in [-0.39, 0.29) is 6.61 Å². The van der Waals surface area contributed by atoms with Crippen LogP contribution in [-0.4, -0.2) is 72.7 Å². The predicted octanol–water partition coefficient (Wildman–Crippen LogP) is 3.12. The number of benzene rings is 1. The maximum atomic E-state index is 8.58. The van der Waals surface area contributed by atoms with E-state index < -0.39 is 0 Å². The number of pyridine rings is 1. The molecular formula is C22H26BrN3O5. The first kappa shape index (κ1) is 23.4. The maximum Gasteiger partial charge on any atom is 0.119 e. The first-order valence-electron chi connectivity index (χ1n) is 10.0. The molecular weight excluding hydrogens is 466 g/mol. The highest BCUT2D eigenvalue weighted by molar-refractivity contribution is 9.10. The van der Waals surface area contributed by atoms with Crippen LogP contribution in [0.2, 0.25) is 0 Å². The highest BCUT2D eigenvalue weighted by atomic mass is 79.9. The Morgan fingerprint density at radius 2 is 1.42 bits per heavy atom. The lowest BCUT2D eigenvalue weighted by Crippen LogP contribution is -2.13. The highest BCUT2D eigenvalue weighted by Crippen LogP contribution is 2.27. The Hall–Kier alpha value is -2.30. The van der Waals surface area contributed by atoms with E-state index >= 15 is 0 Å². The fourth-order valence-corrected chi connectivity index (χ4v) is 3.21. The Bertz CT molecular complexity index is 890. The molecule has 3 rings (SSSR count). The Labute approximate surface area is 189 Å². The molecule has 0 aliphatic heterocycles. The van der Waals surface area contributed by atoms with E-state index in [0.29, 0.717) is 46.2 Å². The van der Waals surface area contributed by atoms with Gasteiger partial charge >= 0.3 is 0 Å². The van der Waals surface area contributed by atoms with Crippen LogP contribution in [0.4, 0.5) is 0 Å². The van der Waals surface area contributed by atoms with Crippen molar-refractivity contribution in [3.8, 4) is 22.7 Å². The van der Waals surface area contributed by atoms with Gasteiger partial charge in [-0.25, -0.2) is 4.68 Å². The molecule has 3 aromatic rings. The van der Waals surface area contributed by atoms with E-state index in [0.717, 1.165) is 27.2 Å². The van der Waals surface area contributed by atoms with Crippen molar-refractivity contribution in [3.05, 3.63) is 59.5 Å². The van der Waals surface area contributed by atoms with Crippen LogP contribution in [0, 0.1) is 0 Å². The summed E-state index contributed by atoms with van der Waals surface area (Å²) in [6, 6.07) is 11.6. The summed E-state index contributed by atoms with van der Waals surface area (Å²) in [6.07, 6.45) is 5.43. The number of aromatic nitrogens is 3. The first-order chi connectivity index (χ1) is 15.3. The minimum absolute atomic E-state index is 0.0279. The summed E-state index contributed by atoms with van der Waals surface area (Å²) >= 11 is 3.58. The predicted molar refractivity (Wildman–Crippen MR) is 120 cm³/mol. The number of hydrogen-bond donors (Lipinski definition) is 1. The van der Waals surface area contributed by atoms with E-state index in [2.05, 4.69) is 26.0 Å². The van der Waals surface area contributed by atoms with Crippen molar-refractivity contribution in [3.63, 3.8) is 0 Å². The molecule has 1 aromatic carbocycles. The molecule has 0 fully saturated rings. The largest absolute Gasteiger partial charge is 0.491 e. The van der Waals surface area contributed by atoms with Crippen molar-refractivity contribution in [2.45, 2.75) is 0 Å². The fourth-order valence-electron chi connectivity index (χ4n) is 2.71. The van der Waals surface area contributed by atoms with Gasteiger partial charge in [-0.05, 0) is 52.3 Å². The number of aliphatic hydroxyl groups is 1. The second-order valence-corrected chi connectivity index (χ2v) is 7.26. The first-order valence-corrected chi connectivity index (χ1v) is 10.8. The van der Waals surface area contributed by atoms with Crippen LogP contribution in [0.25, 0.3) is 16.9 Å². The molecule has 0 saturated carbocycles. The number of hydrogen-bond acceptors (Lipinski definition) is 7. The zero-order valence-corrected chi connectivity index (χ0v) is 18.7. The van der Waals surface area contributed by atoms with Crippen molar-refractivity contribution >= 4 is 15.9 Å². The van der Waals surface area contributed by atoms with E-state index in [4.69, 9.17) is 24.1 Å². The average Bonchev–Trinajstić information content (AvgIpc) is 3.20. The molecule has 0 amide bonds. The Balaban J connectivity index is 1.36. The van der Waals surface area contributed by atoms with E-state index in [9.17, 15) is 0 Å². The van der Waals surface area contributed by atoms with Crippen LogP contribution in [-0.2, 0) is 14.2 Å². The molecule has 9 heteroatoms. The Kier molecular flexibility index (Phi) is 9.94. The maximum absolute atomic E-state index is 8.58. The van der Waals surface area contributed by atoms with E-state index in [1.54, 1.807) is 12.4 Å². The fraction of sp³-hybridized carbons (Fsp3) is 0.364. The van der Waals surface area contributed by atoms with Gasteiger partial charge in [-0.15, -0.1) is 0 Å². The molecule has 166 valence electrons. The van der Waals surface area contributed by atoms with Gasteiger partial charge in [0.25, 0.3) is 0 Å². The molecule has 0 radical (unpaired) electrons. The van der Waals surface area contributed by atoms with Gasteiger partial charge in [-0.1, -0.05) is 0 Å². The molecule has 0 unspecified atom stereocenters. The van der Waals surface area contributed by atoms with Crippen molar-refractivity contribution in [1.82, 2.24) is 14.8 Å². The number of halogens is 1. The second kappa shape index (κ2) is 13.2. The van der Waals surface area contributed by atoms with Gasteiger partial charge in [-0.3, -0.25) is 4.98 Å². The molecule has 2 heterocycles. The van der Waals surface area contributed by atoms with Crippen LogP contribution < -0.4 is 4.74 Å². The molecule has 2 aromatic heterocycles. The normalized spacial score (nSPS) is 11.0. The number of rotatable bonds is 14. The Morgan fingerprint density at radius 3 is 2.06 bits per heavy atom. The van der Waals surface area contributed by atoms with Gasteiger partial charge in [0.1, 0.15) is 18.1 Å². The lowest BCUT2D eigenvalue weighted by molar-refractivity contribution is 0.00361. The van der Waals surface area contributed by atoms with Crippen LogP contribution in [0.5, 0.6) is 5.75 Å². The minimum atomic E-state index is 0.0279. The monoisotopic (exact) mass is 491 g/mol. The summed E-state index contributed by atoms with van der Waals surface area (Å²) in [5, 5.41) is 13.2. The van der Waals surface area contributed by atoms with Gasteiger partial charge in [0.15, 0.2) is 0 Å². The van der Waals surface area contributed by atoms with Crippen LogP contribution in [0.1, 0.15) is 0 Å². The lowest BCUT2D eigenvalue weighted by atomic mass is 10.2. The summed E-state index contributed by atoms with van der Waals surface area (Å²) < 4.78 is 24.4. The van der Waals surface area contributed by atoms with Crippen LogP contribution in [0.3, 0.4) is 0 Å². The highest BCUT2D eigenvalue weighted by Gasteiger charge is 2.10. The third-order valence-corrected chi connectivity index (χ3v) is 4.78. The van der Waals surface area contributed by atoms with Gasteiger partial charge in [-0.2, -0.15) is 5.10 Å². The number of ether oxygens (including phenoxy) is 4. The van der Waals surface area contributed by atoms with Crippen molar-refractivity contribution < 1.29 is 24.1 Å². The molecule has 0 aliphatic carbocycles. The van der Waals surface area contributed by atoms with Crippen LogP contribution in [0.15, 0.2) is 59.5 Å². The van der Waals surface area contributed by atoms with Crippen molar-refractivity contribution in [2.24, 2.45) is 0 Å². The molecule has 0 atom stereocenters. The topological polar surface area (TPSA) is 87.9 Å². The summed E-state index contributed by atoms with van der Waals surface area (Å²) in [7, 11) is 0. The van der Waals surface area contributed by atoms with Gasteiger partial charge < -0.3 is 24.1 Å². The molecule has 8 nitrogen and oxygen atoms in total. The molecule has 0 aliphatic rings. The zero-order chi connectivity index (χ0) is 21.7. The van der Waals surface area contributed by atoms with Gasteiger partial charge in [0.2, 0.25) is 0 Å². The van der Waals surface area contributed by atoms with Crippen molar-refractivity contribution in [1.29, 1.82) is 0 Å². The standard InChI is InChI=1S/C22H26BrN3O5/c23-21-17-26(25-22(21)18-5-7-24-8-6-18)19-1-3-20(4-2-19)31-16-15-30-14-13-29-12-11-28-10-9-27/h1-8,17,27H,9-16H2. The van der Waals surface area contributed by atoms with Gasteiger partial charge in [0.05, 0.1) is 56.4 Å². The zero-order valence-electron chi connectivity index (χ0n) is 17.2. The quantitative estimate of drug-likeness (QED) is 0.346. The third kappa shape index (κ3) is 7.71. The third-order valence-electron chi connectivity index (χ3n) is 4.20.